The first-order valence-corrected chi connectivity index (χ1v) is 4.35. The highest BCUT2D eigenvalue weighted by molar-refractivity contribution is 6.04. The lowest BCUT2D eigenvalue weighted by Crippen LogP contribution is -2.32. The molecule has 0 radical (unpaired) electrons. The number of nitrogens with two attached hydrogens (primary N) is 1. The molecular formula is C10H15N3O2. The Bertz CT molecular complexity index is 350. The molecule has 0 aromatic rings. The van der Waals surface area contributed by atoms with Crippen molar-refractivity contribution in [2.24, 2.45) is 5.73 Å². The fourth-order valence-corrected chi connectivity index (χ4v) is 0.795. The summed E-state index contributed by atoms with van der Waals surface area (Å²) in [6.07, 6.45) is 2.46. The van der Waals surface area contributed by atoms with Crippen molar-refractivity contribution in [3.05, 3.63) is 22.9 Å². The van der Waals surface area contributed by atoms with Gasteiger partial charge in [0.1, 0.15) is 0 Å². The second kappa shape index (κ2) is 5.74. The smallest absolute Gasteiger partial charge is 0.273 e. The van der Waals surface area contributed by atoms with Gasteiger partial charge in [-0.05, 0) is 25.5 Å². The number of hydrogen-bond acceptors (Lipinski definition) is 4. The monoisotopic (exact) mass is 209 g/mol. The summed E-state index contributed by atoms with van der Waals surface area (Å²) in [5.74, 6) is -1.12. The van der Waals surface area contributed by atoms with Gasteiger partial charge in [0.05, 0.1) is 5.70 Å². The Morgan fingerprint density at radius 1 is 1.27 bits per heavy atom. The van der Waals surface area contributed by atoms with E-state index in [4.69, 9.17) is 11.1 Å². The van der Waals surface area contributed by atoms with E-state index in [0.717, 1.165) is 11.8 Å². The van der Waals surface area contributed by atoms with Crippen molar-refractivity contribution in [2.75, 3.05) is 0 Å². The van der Waals surface area contributed by atoms with Gasteiger partial charge in [-0.15, -0.1) is 0 Å². The fourth-order valence-electron chi connectivity index (χ4n) is 0.795. The third-order valence-corrected chi connectivity index (χ3v) is 1.60. The Kier molecular flexibility index (Phi) is 5.01. The van der Waals surface area contributed by atoms with Crippen LogP contribution in [0.25, 0.3) is 0 Å². The topological polar surface area (TPSA) is 96.0 Å². The molecule has 4 N–H and O–H groups in total. The van der Waals surface area contributed by atoms with Gasteiger partial charge < -0.3 is 11.1 Å². The quantitative estimate of drug-likeness (QED) is 0.358. The molecule has 0 aromatic heterocycles. The van der Waals surface area contributed by atoms with Gasteiger partial charge in [-0.25, -0.2) is 0 Å². The van der Waals surface area contributed by atoms with Crippen molar-refractivity contribution in [1.29, 1.82) is 5.41 Å². The summed E-state index contributed by atoms with van der Waals surface area (Å²) < 4.78 is 0. The van der Waals surface area contributed by atoms with Gasteiger partial charge in [-0.3, -0.25) is 14.9 Å². The SMILES string of the molecule is CC(=O)NC(=O)/C(N)=C/C(C=N)=C(C)C. The second-order valence-corrected chi connectivity index (χ2v) is 3.21. The zero-order valence-electron chi connectivity index (χ0n) is 9.05. The molecule has 0 aliphatic carbocycles. The summed E-state index contributed by atoms with van der Waals surface area (Å²) in [4.78, 5) is 21.8. The van der Waals surface area contributed by atoms with Crippen LogP contribution in [0.15, 0.2) is 22.9 Å². The molecule has 0 fully saturated rings. The summed E-state index contributed by atoms with van der Waals surface area (Å²) in [6, 6.07) is 0. The van der Waals surface area contributed by atoms with Crippen molar-refractivity contribution in [3.8, 4) is 0 Å². The Labute approximate surface area is 88.5 Å². The summed E-state index contributed by atoms with van der Waals surface area (Å²) >= 11 is 0. The molecule has 0 spiro atoms. The van der Waals surface area contributed by atoms with Gasteiger partial charge >= 0.3 is 0 Å². The van der Waals surface area contributed by atoms with E-state index in [9.17, 15) is 9.59 Å². The molecule has 5 heteroatoms. The zero-order chi connectivity index (χ0) is 12.0. The predicted octanol–water partition coefficient (Wildman–Crippen LogP) is 0.478. The van der Waals surface area contributed by atoms with Crippen LogP contribution in [-0.4, -0.2) is 18.0 Å². The van der Waals surface area contributed by atoms with Crippen molar-refractivity contribution in [1.82, 2.24) is 5.32 Å². The minimum Gasteiger partial charge on any atom is -0.394 e. The van der Waals surface area contributed by atoms with Gasteiger partial charge in [0, 0.05) is 13.1 Å². The van der Waals surface area contributed by atoms with E-state index in [-0.39, 0.29) is 5.70 Å². The Morgan fingerprint density at radius 3 is 2.13 bits per heavy atom. The van der Waals surface area contributed by atoms with Crippen LogP contribution in [0.4, 0.5) is 0 Å². The largest absolute Gasteiger partial charge is 0.394 e. The highest BCUT2D eigenvalue weighted by Gasteiger charge is 2.07. The third-order valence-electron chi connectivity index (χ3n) is 1.60. The molecule has 0 aliphatic rings. The molecule has 82 valence electrons. The molecular weight excluding hydrogens is 194 g/mol. The molecule has 5 nitrogen and oxygen atoms in total. The molecule has 0 rings (SSSR count). The maximum atomic E-state index is 11.2. The molecule has 0 saturated heterocycles. The fraction of sp³-hybridized carbons (Fsp3) is 0.300. The number of carbonyl (C=O) groups is 2. The van der Waals surface area contributed by atoms with Crippen LogP contribution in [0.3, 0.4) is 0 Å². The van der Waals surface area contributed by atoms with Gasteiger partial charge in [0.25, 0.3) is 5.91 Å². The highest BCUT2D eigenvalue weighted by atomic mass is 16.2. The molecule has 0 aromatic carbocycles. The lowest BCUT2D eigenvalue weighted by Gasteiger charge is -2.02. The molecule has 0 unspecified atom stereocenters. The van der Waals surface area contributed by atoms with Gasteiger partial charge in [-0.1, -0.05) is 5.57 Å². The van der Waals surface area contributed by atoms with Crippen molar-refractivity contribution in [3.63, 3.8) is 0 Å². The maximum Gasteiger partial charge on any atom is 0.273 e. The third kappa shape index (κ3) is 4.75. The molecule has 0 saturated carbocycles. The predicted molar refractivity (Wildman–Crippen MR) is 58.3 cm³/mol. The first-order chi connectivity index (χ1) is 6.88. The van der Waals surface area contributed by atoms with Crippen molar-refractivity contribution < 1.29 is 9.59 Å². The van der Waals surface area contributed by atoms with Crippen LogP contribution in [0.2, 0.25) is 0 Å². The van der Waals surface area contributed by atoms with Crippen LogP contribution < -0.4 is 11.1 Å². The summed E-state index contributed by atoms with van der Waals surface area (Å²) in [5, 5.41) is 9.13. The number of rotatable bonds is 3. The van der Waals surface area contributed by atoms with Gasteiger partial charge in [0.2, 0.25) is 5.91 Å². The lowest BCUT2D eigenvalue weighted by molar-refractivity contribution is -0.127. The van der Waals surface area contributed by atoms with E-state index in [1.54, 1.807) is 13.8 Å². The van der Waals surface area contributed by atoms with Crippen LogP contribution in [0, 0.1) is 5.41 Å². The second-order valence-electron chi connectivity index (χ2n) is 3.21. The zero-order valence-corrected chi connectivity index (χ0v) is 9.05. The van der Waals surface area contributed by atoms with E-state index in [2.05, 4.69) is 0 Å². The highest BCUT2D eigenvalue weighted by Crippen LogP contribution is 2.03. The van der Waals surface area contributed by atoms with Gasteiger partial charge in [0.15, 0.2) is 0 Å². The van der Waals surface area contributed by atoms with E-state index in [0.29, 0.717) is 5.57 Å². The molecule has 15 heavy (non-hydrogen) atoms. The van der Waals surface area contributed by atoms with Crippen LogP contribution in [0.5, 0.6) is 0 Å². The van der Waals surface area contributed by atoms with Crippen LogP contribution in [0.1, 0.15) is 20.8 Å². The maximum absolute atomic E-state index is 11.2. The van der Waals surface area contributed by atoms with E-state index >= 15 is 0 Å². The molecule has 2 amide bonds. The Balaban J connectivity index is 4.84. The number of hydrogen-bond donors (Lipinski definition) is 3. The standard InChI is InChI=1S/C10H15N3O2/c1-6(2)8(5-11)4-9(12)10(15)13-7(3)14/h4-5,11H,12H2,1-3H3,(H,13,14,15)/b9-4-,11-5?. The Morgan fingerprint density at radius 2 is 1.80 bits per heavy atom. The minimum atomic E-state index is -0.650. The number of allylic oxidation sites excluding steroid dienone is 3. The van der Waals surface area contributed by atoms with Crippen LogP contribution >= 0.6 is 0 Å². The number of carbonyl (C=O) groups excluding carboxylic acids is 2. The molecule has 0 aliphatic heterocycles. The summed E-state index contributed by atoms with van der Waals surface area (Å²) in [7, 11) is 0. The van der Waals surface area contributed by atoms with Crippen LogP contribution in [-0.2, 0) is 9.59 Å². The van der Waals surface area contributed by atoms with E-state index in [1.165, 1.54) is 13.0 Å². The average Bonchev–Trinajstić information content (AvgIpc) is 2.11. The van der Waals surface area contributed by atoms with E-state index < -0.39 is 11.8 Å². The number of imide groups is 1. The molecule has 0 bridgehead atoms. The summed E-state index contributed by atoms with van der Waals surface area (Å²) in [6.45, 7) is 4.82. The molecule has 0 atom stereocenters. The normalized spacial score (nSPS) is 10.5. The summed E-state index contributed by atoms with van der Waals surface area (Å²) in [5.41, 5.74) is 6.76. The first-order valence-electron chi connectivity index (χ1n) is 4.35. The van der Waals surface area contributed by atoms with Crippen molar-refractivity contribution >= 4 is 18.0 Å². The Hall–Kier alpha value is -1.91. The van der Waals surface area contributed by atoms with Crippen molar-refractivity contribution in [2.45, 2.75) is 20.8 Å². The lowest BCUT2D eigenvalue weighted by atomic mass is 10.1. The van der Waals surface area contributed by atoms with E-state index in [1.807, 2.05) is 5.32 Å². The van der Waals surface area contributed by atoms with Gasteiger partial charge in [-0.2, -0.15) is 0 Å². The minimum absolute atomic E-state index is 0.0927. The number of amides is 2. The number of nitrogens with one attached hydrogen (secondary N) is 2. The average molecular weight is 209 g/mol. The molecule has 0 heterocycles. The first kappa shape index (κ1) is 13.1.